The monoisotopic (exact) mass is 340 g/mol. The van der Waals surface area contributed by atoms with Crippen LogP contribution in [0.15, 0.2) is 36.4 Å². The molecule has 2 aromatic carbocycles. The number of carbonyl (C=O) groups excluding carboxylic acids is 1. The van der Waals surface area contributed by atoms with Crippen molar-refractivity contribution in [2.45, 2.75) is 27.3 Å². The second kappa shape index (κ2) is 7.94. The van der Waals surface area contributed by atoms with Gasteiger partial charge in [-0.3, -0.25) is 9.69 Å². The first-order valence-corrected chi connectivity index (χ1v) is 8.14. The third kappa shape index (κ3) is 5.16. The van der Waals surface area contributed by atoms with Crippen LogP contribution in [0.3, 0.4) is 0 Å². The van der Waals surface area contributed by atoms with E-state index in [0.717, 1.165) is 22.4 Å². The van der Waals surface area contributed by atoms with Crippen LogP contribution in [0.4, 0.5) is 5.69 Å². The fourth-order valence-corrected chi connectivity index (χ4v) is 2.97. The van der Waals surface area contributed by atoms with Gasteiger partial charge in [0.25, 0.3) is 0 Å². The predicted octanol–water partition coefficient (Wildman–Crippen LogP) is 3.38. The van der Waals surface area contributed by atoms with Gasteiger partial charge >= 0.3 is 5.97 Å². The fourth-order valence-electron chi connectivity index (χ4n) is 2.97. The molecule has 0 saturated carbocycles. The number of aromatic carboxylic acids is 1. The Morgan fingerprint density at radius 1 is 1.08 bits per heavy atom. The maximum absolute atomic E-state index is 12.3. The lowest BCUT2D eigenvalue weighted by Gasteiger charge is -2.18. The lowest BCUT2D eigenvalue weighted by Crippen LogP contribution is -2.30. The van der Waals surface area contributed by atoms with Gasteiger partial charge in [0.2, 0.25) is 5.91 Å². The average Bonchev–Trinajstić information content (AvgIpc) is 2.50. The zero-order valence-corrected chi connectivity index (χ0v) is 15.1. The summed E-state index contributed by atoms with van der Waals surface area (Å²) in [6, 6.07) is 10.8. The zero-order chi connectivity index (χ0) is 18.6. The second-order valence-corrected chi connectivity index (χ2v) is 6.50. The molecule has 0 spiro atoms. The molecule has 2 aromatic rings. The van der Waals surface area contributed by atoms with E-state index in [9.17, 15) is 9.59 Å². The van der Waals surface area contributed by atoms with Crippen LogP contribution in [0.25, 0.3) is 0 Å². The lowest BCUT2D eigenvalue weighted by atomic mass is 10.1. The fraction of sp³-hybridized carbons (Fsp3) is 0.300. The van der Waals surface area contributed by atoms with E-state index in [4.69, 9.17) is 5.11 Å². The minimum atomic E-state index is -0.951. The molecular weight excluding hydrogens is 316 g/mol. The van der Waals surface area contributed by atoms with Gasteiger partial charge in [0.05, 0.1) is 12.1 Å². The lowest BCUT2D eigenvalue weighted by molar-refractivity contribution is -0.117. The number of likely N-dealkylation sites (N-methyl/N-ethyl adjacent to an activating group) is 1. The summed E-state index contributed by atoms with van der Waals surface area (Å²) in [7, 11) is 1.84. The average molecular weight is 340 g/mol. The molecule has 0 heterocycles. The smallest absolute Gasteiger partial charge is 0.335 e. The van der Waals surface area contributed by atoms with Gasteiger partial charge < -0.3 is 10.4 Å². The van der Waals surface area contributed by atoms with Crippen molar-refractivity contribution in [1.29, 1.82) is 0 Å². The molecule has 0 aliphatic rings. The molecule has 1 amide bonds. The molecule has 2 N–H and O–H groups in total. The first-order chi connectivity index (χ1) is 11.8. The number of aryl methyl sites for hydroxylation is 3. The molecule has 0 atom stereocenters. The van der Waals surface area contributed by atoms with Gasteiger partial charge in [0.1, 0.15) is 0 Å². The number of anilines is 1. The highest BCUT2D eigenvalue weighted by Gasteiger charge is 2.12. The Bertz CT molecular complexity index is 776. The highest BCUT2D eigenvalue weighted by molar-refractivity contribution is 5.93. The highest BCUT2D eigenvalue weighted by Crippen LogP contribution is 2.21. The molecule has 0 aliphatic carbocycles. The van der Waals surface area contributed by atoms with Crippen molar-refractivity contribution >= 4 is 17.6 Å². The molecular formula is C20H24N2O3. The van der Waals surface area contributed by atoms with E-state index in [-0.39, 0.29) is 18.0 Å². The molecule has 0 fully saturated rings. The van der Waals surface area contributed by atoms with Crippen LogP contribution >= 0.6 is 0 Å². The van der Waals surface area contributed by atoms with Crippen molar-refractivity contribution in [2.75, 3.05) is 18.9 Å². The third-order valence-corrected chi connectivity index (χ3v) is 3.98. The normalized spacial score (nSPS) is 10.8. The number of benzene rings is 2. The van der Waals surface area contributed by atoms with E-state index in [0.29, 0.717) is 6.54 Å². The van der Waals surface area contributed by atoms with Crippen LogP contribution in [-0.4, -0.2) is 35.5 Å². The Kier molecular flexibility index (Phi) is 5.93. The van der Waals surface area contributed by atoms with Gasteiger partial charge in [0.15, 0.2) is 0 Å². The van der Waals surface area contributed by atoms with Gasteiger partial charge in [-0.1, -0.05) is 29.8 Å². The van der Waals surface area contributed by atoms with Gasteiger partial charge in [0, 0.05) is 12.2 Å². The molecule has 0 saturated heterocycles. The van der Waals surface area contributed by atoms with Gasteiger partial charge in [-0.25, -0.2) is 4.79 Å². The highest BCUT2D eigenvalue weighted by atomic mass is 16.4. The van der Waals surface area contributed by atoms with Crippen LogP contribution in [-0.2, 0) is 11.3 Å². The number of amides is 1. The maximum atomic E-state index is 12.3. The van der Waals surface area contributed by atoms with Crippen LogP contribution in [0.5, 0.6) is 0 Å². The number of nitrogens with one attached hydrogen (secondary N) is 1. The number of carboxylic acid groups (broad SMARTS) is 1. The van der Waals surface area contributed by atoms with Crippen molar-refractivity contribution in [3.8, 4) is 0 Å². The SMILES string of the molecule is Cc1cc(C)c(NC(=O)CN(C)Cc2cccc(C(=O)O)c2)c(C)c1. The Labute approximate surface area is 148 Å². The minimum absolute atomic E-state index is 0.0908. The number of hydrogen-bond donors (Lipinski definition) is 2. The second-order valence-electron chi connectivity index (χ2n) is 6.50. The van der Waals surface area contributed by atoms with E-state index in [1.165, 1.54) is 5.56 Å². The molecule has 132 valence electrons. The first kappa shape index (κ1) is 18.7. The Morgan fingerprint density at radius 3 is 2.32 bits per heavy atom. The zero-order valence-electron chi connectivity index (χ0n) is 15.1. The van der Waals surface area contributed by atoms with Gasteiger partial charge in [-0.05, 0) is 56.6 Å². The molecule has 0 aliphatic heterocycles. The van der Waals surface area contributed by atoms with E-state index in [1.807, 2.05) is 50.9 Å². The first-order valence-electron chi connectivity index (χ1n) is 8.14. The summed E-state index contributed by atoms with van der Waals surface area (Å²) in [6.07, 6.45) is 0. The molecule has 25 heavy (non-hydrogen) atoms. The molecule has 2 rings (SSSR count). The van der Waals surface area contributed by atoms with Gasteiger partial charge in [-0.2, -0.15) is 0 Å². The van der Waals surface area contributed by atoms with Crippen LogP contribution in [0, 0.1) is 20.8 Å². The van der Waals surface area contributed by atoms with E-state index in [2.05, 4.69) is 5.32 Å². The Hall–Kier alpha value is -2.66. The Morgan fingerprint density at radius 2 is 1.72 bits per heavy atom. The largest absolute Gasteiger partial charge is 0.478 e. The van der Waals surface area contributed by atoms with Crippen molar-refractivity contribution in [3.05, 3.63) is 64.2 Å². The van der Waals surface area contributed by atoms with Crippen LogP contribution in [0.1, 0.15) is 32.6 Å². The summed E-state index contributed by atoms with van der Waals surface area (Å²) < 4.78 is 0. The van der Waals surface area contributed by atoms with E-state index >= 15 is 0 Å². The summed E-state index contributed by atoms with van der Waals surface area (Å²) >= 11 is 0. The summed E-state index contributed by atoms with van der Waals surface area (Å²) in [6.45, 7) is 6.72. The number of hydrogen-bond acceptors (Lipinski definition) is 3. The van der Waals surface area contributed by atoms with E-state index in [1.54, 1.807) is 18.2 Å². The number of rotatable bonds is 6. The summed E-state index contributed by atoms with van der Waals surface area (Å²) in [5.41, 5.74) is 5.23. The minimum Gasteiger partial charge on any atom is -0.478 e. The molecule has 5 nitrogen and oxygen atoms in total. The maximum Gasteiger partial charge on any atom is 0.335 e. The summed E-state index contributed by atoms with van der Waals surface area (Å²) in [5, 5.41) is 12.0. The van der Waals surface area contributed by atoms with Crippen molar-refractivity contribution in [3.63, 3.8) is 0 Å². The molecule has 5 heteroatoms. The predicted molar refractivity (Wildman–Crippen MR) is 99.0 cm³/mol. The van der Waals surface area contributed by atoms with Gasteiger partial charge in [-0.15, -0.1) is 0 Å². The quantitative estimate of drug-likeness (QED) is 0.846. The number of carbonyl (C=O) groups is 2. The number of nitrogens with zero attached hydrogens (tertiary/aromatic N) is 1. The van der Waals surface area contributed by atoms with Crippen molar-refractivity contribution in [2.24, 2.45) is 0 Å². The third-order valence-electron chi connectivity index (χ3n) is 3.98. The summed E-state index contributed by atoms with van der Waals surface area (Å²) in [4.78, 5) is 25.2. The van der Waals surface area contributed by atoms with E-state index < -0.39 is 5.97 Å². The molecule has 0 aromatic heterocycles. The standard InChI is InChI=1S/C20H24N2O3/c1-13-8-14(2)19(15(3)9-13)21-18(23)12-22(4)11-16-6-5-7-17(10-16)20(24)25/h5-10H,11-12H2,1-4H3,(H,21,23)(H,24,25). The van der Waals surface area contributed by atoms with Crippen LogP contribution in [0.2, 0.25) is 0 Å². The molecule has 0 bridgehead atoms. The summed E-state index contributed by atoms with van der Waals surface area (Å²) in [5.74, 6) is -1.04. The number of carboxylic acids is 1. The van der Waals surface area contributed by atoms with Crippen LogP contribution < -0.4 is 5.32 Å². The Balaban J connectivity index is 1.99. The van der Waals surface area contributed by atoms with Crippen molar-refractivity contribution in [1.82, 2.24) is 4.90 Å². The molecule has 0 radical (unpaired) electrons. The molecule has 0 unspecified atom stereocenters. The topological polar surface area (TPSA) is 69.6 Å². The van der Waals surface area contributed by atoms with Crippen molar-refractivity contribution < 1.29 is 14.7 Å².